The Morgan fingerprint density at radius 2 is 2.30 bits per heavy atom. The van der Waals surface area contributed by atoms with Crippen LogP contribution in [0.1, 0.15) is 25.8 Å². The number of nitrogens with zero attached hydrogens (tertiary/aromatic N) is 5. The molecule has 1 unspecified atom stereocenters. The molecule has 3 aromatic heterocycles. The topological polar surface area (TPSA) is 103 Å². The number of aromatic nitrogens is 6. The van der Waals surface area contributed by atoms with Gasteiger partial charge in [0.05, 0.1) is 25.0 Å². The van der Waals surface area contributed by atoms with Crippen molar-refractivity contribution >= 4 is 22.8 Å². The van der Waals surface area contributed by atoms with E-state index in [1.165, 1.54) is 12.3 Å². The van der Waals surface area contributed by atoms with E-state index >= 15 is 0 Å². The van der Waals surface area contributed by atoms with Gasteiger partial charge in [-0.25, -0.2) is 14.6 Å². The third-order valence-electron chi connectivity index (χ3n) is 4.59. The fraction of sp³-hybridized carbons (Fsp3) is 0.500. The van der Waals surface area contributed by atoms with Gasteiger partial charge in [0.25, 0.3) is 0 Å². The van der Waals surface area contributed by atoms with Crippen molar-refractivity contribution < 1.29 is 18.3 Å². The lowest BCUT2D eigenvalue weighted by atomic mass is 9.95. The van der Waals surface area contributed by atoms with Crippen molar-refractivity contribution in [2.75, 3.05) is 18.5 Å². The number of hydrogen-bond donors (Lipinski definition) is 2. The molecule has 4 heterocycles. The first-order valence-corrected chi connectivity index (χ1v) is 8.65. The van der Waals surface area contributed by atoms with E-state index < -0.39 is 6.61 Å². The van der Waals surface area contributed by atoms with E-state index in [9.17, 15) is 8.78 Å². The molecule has 27 heavy (non-hydrogen) atoms. The maximum absolute atomic E-state index is 12.2. The Morgan fingerprint density at radius 1 is 1.41 bits per heavy atom. The van der Waals surface area contributed by atoms with Gasteiger partial charge >= 0.3 is 6.61 Å². The maximum Gasteiger partial charge on any atom is 0.388 e. The number of aromatic amines is 1. The molecule has 1 fully saturated rings. The summed E-state index contributed by atoms with van der Waals surface area (Å²) >= 11 is 0. The molecular weight excluding hydrogens is 360 g/mol. The molecule has 4 rings (SSSR count). The summed E-state index contributed by atoms with van der Waals surface area (Å²) in [7, 11) is 0. The number of anilines is 2. The van der Waals surface area contributed by atoms with Crippen molar-refractivity contribution in [3.63, 3.8) is 0 Å². The van der Waals surface area contributed by atoms with Crippen LogP contribution in [-0.2, 0) is 4.74 Å². The van der Waals surface area contributed by atoms with E-state index in [1.54, 1.807) is 6.20 Å². The summed E-state index contributed by atoms with van der Waals surface area (Å²) in [5.74, 6) is 0.946. The largest absolute Gasteiger partial charge is 0.415 e. The molecule has 2 N–H and O–H groups in total. The summed E-state index contributed by atoms with van der Waals surface area (Å²) in [6, 6.07) is 1.43. The zero-order valence-corrected chi connectivity index (χ0v) is 14.6. The Labute approximate surface area is 153 Å². The molecule has 0 aromatic carbocycles. The molecule has 0 radical (unpaired) electrons. The predicted molar refractivity (Wildman–Crippen MR) is 92.1 cm³/mol. The van der Waals surface area contributed by atoms with Crippen LogP contribution < -0.4 is 10.1 Å². The molecule has 0 amide bonds. The molecular formula is C16H19F2N7O2. The molecule has 0 saturated carbocycles. The van der Waals surface area contributed by atoms with E-state index in [-0.39, 0.29) is 11.9 Å². The summed E-state index contributed by atoms with van der Waals surface area (Å²) < 4.78 is 36.1. The summed E-state index contributed by atoms with van der Waals surface area (Å²) in [6.45, 7) is 0.668. The van der Waals surface area contributed by atoms with E-state index in [2.05, 4.69) is 42.2 Å². The number of nitrogens with one attached hydrogen (secondary N) is 2. The van der Waals surface area contributed by atoms with Gasteiger partial charge < -0.3 is 14.8 Å². The van der Waals surface area contributed by atoms with Crippen molar-refractivity contribution in [1.82, 2.24) is 29.9 Å². The predicted octanol–water partition coefficient (Wildman–Crippen LogP) is 2.88. The highest BCUT2D eigenvalue weighted by Gasteiger charge is 2.24. The molecule has 0 bridgehead atoms. The summed E-state index contributed by atoms with van der Waals surface area (Å²) in [5.41, 5.74) is 1.32. The van der Waals surface area contributed by atoms with Crippen LogP contribution >= 0.6 is 0 Å². The van der Waals surface area contributed by atoms with E-state index in [0.29, 0.717) is 35.3 Å². The Kier molecular flexibility index (Phi) is 4.84. The van der Waals surface area contributed by atoms with Gasteiger partial charge in [-0.15, -0.1) is 5.10 Å². The van der Waals surface area contributed by atoms with Gasteiger partial charge in [0.2, 0.25) is 5.88 Å². The molecule has 2 atom stereocenters. The molecule has 1 aliphatic rings. The minimum atomic E-state index is -2.93. The van der Waals surface area contributed by atoms with Crippen LogP contribution in [-0.4, -0.2) is 49.8 Å². The van der Waals surface area contributed by atoms with Crippen molar-refractivity contribution in [2.24, 2.45) is 5.92 Å². The third kappa shape index (κ3) is 3.82. The lowest BCUT2D eigenvalue weighted by Crippen LogP contribution is -2.26. The van der Waals surface area contributed by atoms with Crippen molar-refractivity contribution in [1.29, 1.82) is 0 Å². The quantitative estimate of drug-likeness (QED) is 0.679. The highest BCUT2D eigenvalue weighted by molar-refractivity contribution is 5.72. The molecule has 1 saturated heterocycles. The van der Waals surface area contributed by atoms with Gasteiger partial charge in [0.15, 0.2) is 11.5 Å². The van der Waals surface area contributed by atoms with Crippen molar-refractivity contribution in [3.05, 3.63) is 18.5 Å². The van der Waals surface area contributed by atoms with Crippen molar-refractivity contribution in [3.8, 4) is 5.88 Å². The van der Waals surface area contributed by atoms with E-state index in [1.807, 2.05) is 4.68 Å². The number of alkyl halides is 2. The fourth-order valence-electron chi connectivity index (χ4n) is 3.18. The monoisotopic (exact) mass is 379 g/mol. The molecule has 144 valence electrons. The highest BCUT2D eigenvalue weighted by atomic mass is 19.3. The van der Waals surface area contributed by atoms with Crippen LogP contribution in [0.3, 0.4) is 0 Å². The second-order valence-corrected chi connectivity index (χ2v) is 6.39. The minimum absolute atomic E-state index is 0.116. The number of fused-ring (bicyclic) bond motifs is 1. The molecule has 1 aliphatic heterocycles. The summed E-state index contributed by atoms with van der Waals surface area (Å²) in [4.78, 5) is 8.92. The van der Waals surface area contributed by atoms with Crippen LogP contribution in [0.15, 0.2) is 18.5 Å². The SMILES string of the molecule is C[C@@H](C1CCCOC1)n1ncc2ncc(Nc3cc(OC(F)F)n[nH]3)nc21. The third-order valence-corrected chi connectivity index (χ3v) is 4.59. The van der Waals surface area contributed by atoms with Crippen molar-refractivity contribution in [2.45, 2.75) is 32.4 Å². The average Bonchev–Trinajstić information content (AvgIpc) is 3.28. The first kappa shape index (κ1) is 17.6. The van der Waals surface area contributed by atoms with Gasteiger partial charge in [-0.1, -0.05) is 0 Å². The van der Waals surface area contributed by atoms with Gasteiger partial charge in [-0.2, -0.15) is 13.9 Å². The maximum atomic E-state index is 12.2. The van der Waals surface area contributed by atoms with Gasteiger partial charge in [-0.05, 0) is 19.8 Å². The smallest absolute Gasteiger partial charge is 0.388 e. The normalized spacial score (nSPS) is 18.7. The Balaban J connectivity index is 1.55. The van der Waals surface area contributed by atoms with Gasteiger partial charge in [0.1, 0.15) is 11.3 Å². The number of hydrogen-bond acceptors (Lipinski definition) is 7. The number of halogens is 2. The Morgan fingerprint density at radius 3 is 3.07 bits per heavy atom. The van der Waals surface area contributed by atoms with Gasteiger partial charge in [-0.3, -0.25) is 5.10 Å². The average molecular weight is 379 g/mol. The first-order chi connectivity index (χ1) is 13.1. The van der Waals surface area contributed by atoms with Crippen LogP contribution in [0, 0.1) is 5.92 Å². The lowest BCUT2D eigenvalue weighted by molar-refractivity contribution is -0.0528. The number of ether oxygens (including phenoxy) is 2. The molecule has 3 aromatic rings. The lowest BCUT2D eigenvalue weighted by Gasteiger charge is -2.27. The second-order valence-electron chi connectivity index (χ2n) is 6.39. The zero-order valence-electron chi connectivity index (χ0n) is 14.6. The highest BCUT2D eigenvalue weighted by Crippen LogP contribution is 2.28. The van der Waals surface area contributed by atoms with Crippen LogP contribution in [0.4, 0.5) is 20.4 Å². The zero-order chi connectivity index (χ0) is 18.8. The minimum Gasteiger partial charge on any atom is -0.415 e. The van der Waals surface area contributed by atoms with Crippen LogP contribution in [0.5, 0.6) is 5.88 Å². The van der Waals surface area contributed by atoms with Gasteiger partial charge in [0, 0.05) is 18.6 Å². The second kappa shape index (κ2) is 7.43. The van der Waals surface area contributed by atoms with E-state index in [4.69, 9.17) is 4.74 Å². The molecule has 9 nitrogen and oxygen atoms in total. The summed E-state index contributed by atoms with van der Waals surface area (Å²) in [6.07, 6.45) is 5.33. The molecule has 0 aliphatic carbocycles. The van der Waals surface area contributed by atoms with Crippen LogP contribution in [0.25, 0.3) is 11.2 Å². The molecule has 11 heteroatoms. The number of H-pyrrole nitrogens is 1. The van der Waals surface area contributed by atoms with E-state index in [0.717, 1.165) is 19.4 Å². The van der Waals surface area contributed by atoms with Crippen LogP contribution in [0.2, 0.25) is 0 Å². The Bertz CT molecular complexity index is 907. The number of rotatable bonds is 6. The standard InChI is InChI=1S/C16H19F2N7O2/c1-9(10-3-2-4-26-8-10)25-15-11(6-20-25)19-7-13(22-15)21-12-5-14(24-23-12)27-16(17)18/h5-7,9-10,16H,2-4,8H2,1H3,(H2,21,22,23,24)/t9-,10?/m0/s1. The summed E-state index contributed by atoms with van der Waals surface area (Å²) in [5, 5.41) is 13.6. The fourth-order valence-corrected chi connectivity index (χ4v) is 3.18. The molecule has 0 spiro atoms. The Hall–Kier alpha value is -2.82. The first-order valence-electron chi connectivity index (χ1n) is 8.65.